The van der Waals surface area contributed by atoms with Gasteiger partial charge in [-0.3, -0.25) is 0 Å². The van der Waals surface area contributed by atoms with Crippen molar-refractivity contribution in [3.63, 3.8) is 0 Å². The zero-order valence-electron chi connectivity index (χ0n) is 22.9. The Bertz CT molecular complexity index is 2180. The van der Waals surface area contributed by atoms with E-state index in [-0.39, 0.29) is 14.5 Å². The number of para-hydroxylation sites is 1. The molecule has 0 aliphatic rings. The van der Waals surface area contributed by atoms with Crippen LogP contribution >= 0.6 is 0 Å². The number of fused-ring (bicyclic) bond motifs is 5. The van der Waals surface area contributed by atoms with E-state index in [1.165, 1.54) is 52.3 Å². The van der Waals surface area contributed by atoms with Gasteiger partial charge in [-0.2, -0.15) is 0 Å². The molecule has 1 aromatic heterocycles. The average molecular weight is 601 g/mol. The normalized spacial score (nSPS) is 11.3. The molecular weight excluding hydrogens is 573 g/mol. The summed E-state index contributed by atoms with van der Waals surface area (Å²) >= 11 is 0.241. The molecule has 0 aliphatic heterocycles. The van der Waals surface area contributed by atoms with Crippen molar-refractivity contribution >= 4 is 61.6 Å². The Labute approximate surface area is 251 Å². The molecule has 8 aromatic rings. The number of hydrogen-bond acceptors (Lipinski definition) is 1. The van der Waals surface area contributed by atoms with Gasteiger partial charge in [0.05, 0.1) is 0 Å². The van der Waals surface area contributed by atoms with E-state index in [4.69, 9.17) is 0 Å². The van der Waals surface area contributed by atoms with E-state index < -0.39 is 0 Å². The Balaban J connectivity index is 1.26. The van der Waals surface area contributed by atoms with Gasteiger partial charge in [0.15, 0.2) is 0 Å². The summed E-state index contributed by atoms with van der Waals surface area (Å²) < 4.78 is 2.98. The molecule has 1 heterocycles. The number of benzene rings is 7. The number of hydrogen-bond donors (Lipinski definition) is 0. The van der Waals surface area contributed by atoms with Crippen LogP contribution in [0.15, 0.2) is 164 Å². The number of rotatable bonds is 5. The monoisotopic (exact) mass is 601 g/mol. The smallest absolute Gasteiger partial charge is 0.0617 e. The fourth-order valence-corrected chi connectivity index (χ4v) is 8.90. The molecule has 0 atom stereocenters. The summed E-state index contributed by atoms with van der Waals surface area (Å²) in [6.45, 7) is 0. The molecule has 8 rings (SSSR count). The zero-order valence-corrected chi connectivity index (χ0v) is 24.7. The van der Waals surface area contributed by atoms with Crippen LogP contribution in [-0.4, -0.2) is 14.5 Å². The minimum absolute atomic E-state index is 0.241. The summed E-state index contributed by atoms with van der Waals surface area (Å²) in [5.41, 5.74) is 8.47. The van der Waals surface area contributed by atoms with Gasteiger partial charge in [0.25, 0.3) is 0 Å². The maximum absolute atomic E-state index is 2.36. The Morgan fingerprint density at radius 1 is 0.357 bits per heavy atom. The molecule has 0 unspecified atom stereocenters. The first kappa shape index (κ1) is 24.9. The summed E-state index contributed by atoms with van der Waals surface area (Å²) in [5, 5.41) is 5.49. The van der Waals surface area contributed by atoms with E-state index in [0.29, 0.717) is 0 Å². The molecule has 0 aliphatic carbocycles. The molecule has 7 aromatic carbocycles. The van der Waals surface area contributed by atoms with Gasteiger partial charge in [0.1, 0.15) is 0 Å². The third-order valence-corrected chi connectivity index (χ3v) is 10.8. The molecule has 0 radical (unpaired) electrons. The molecule has 2 heteroatoms. The molecule has 0 spiro atoms. The van der Waals surface area contributed by atoms with Gasteiger partial charge in [-0.05, 0) is 0 Å². The second-order valence-electron chi connectivity index (χ2n) is 10.6. The van der Waals surface area contributed by atoms with Crippen LogP contribution in [0.3, 0.4) is 0 Å². The SMILES string of the molecule is c1ccc(-c2ccc(N(c3ccccc3)c3cccc(-c4cccc5c4[se]c4c6ccccc6ccc54)c3)cc2)cc1. The Hall–Kier alpha value is -4.88. The summed E-state index contributed by atoms with van der Waals surface area (Å²) in [4.78, 5) is 2.36. The molecule has 0 saturated heterocycles. The molecule has 0 bridgehead atoms. The van der Waals surface area contributed by atoms with Gasteiger partial charge in [-0.1, -0.05) is 18.2 Å². The van der Waals surface area contributed by atoms with Crippen molar-refractivity contribution in [3.05, 3.63) is 164 Å². The summed E-state index contributed by atoms with van der Waals surface area (Å²) in [5.74, 6) is 0. The Morgan fingerprint density at radius 3 is 1.79 bits per heavy atom. The van der Waals surface area contributed by atoms with Crippen molar-refractivity contribution in [3.8, 4) is 22.3 Å². The third-order valence-electron chi connectivity index (χ3n) is 8.05. The van der Waals surface area contributed by atoms with Crippen molar-refractivity contribution in [1.29, 1.82) is 0 Å². The van der Waals surface area contributed by atoms with Crippen molar-refractivity contribution in [2.75, 3.05) is 4.90 Å². The van der Waals surface area contributed by atoms with Gasteiger partial charge >= 0.3 is 234 Å². The predicted molar refractivity (Wildman–Crippen MR) is 181 cm³/mol. The van der Waals surface area contributed by atoms with Crippen molar-refractivity contribution in [2.45, 2.75) is 0 Å². The second kappa shape index (κ2) is 10.5. The summed E-state index contributed by atoms with van der Waals surface area (Å²) in [6, 6.07) is 59.4. The zero-order chi connectivity index (χ0) is 27.9. The summed E-state index contributed by atoms with van der Waals surface area (Å²) in [6.07, 6.45) is 0. The molecule has 0 saturated carbocycles. The fraction of sp³-hybridized carbons (Fsp3) is 0. The van der Waals surface area contributed by atoms with Gasteiger partial charge in [0.2, 0.25) is 0 Å². The van der Waals surface area contributed by atoms with Gasteiger partial charge < -0.3 is 0 Å². The van der Waals surface area contributed by atoms with Crippen molar-refractivity contribution < 1.29 is 0 Å². The van der Waals surface area contributed by atoms with E-state index in [1.54, 1.807) is 0 Å². The molecule has 42 heavy (non-hydrogen) atoms. The topological polar surface area (TPSA) is 3.24 Å². The number of nitrogens with zero attached hydrogens (tertiary/aromatic N) is 1. The molecule has 198 valence electrons. The minimum Gasteiger partial charge on any atom is -0.0617 e. The first-order valence-corrected chi connectivity index (χ1v) is 16.0. The summed E-state index contributed by atoms with van der Waals surface area (Å²) in [7, 11) is 0. The Kier molecular flexibility index (Phi) is 6.22. The molecule has 1 nitrogen and oxygen atoms in total. The van der Waals surface area contributed by atoms with Crippen LogP contribution < -0.4 is 4.90 Å². The van der Waals surface area contributed by atoms with Crippen LogP contribution in [0.25, 0.3) is 52.3 Å². The average Bonchev–Trinajstić information content (AvgIpc) is 3.46. The van der Waals surface area contributed by atoms with Gasteiger partial charge in [0, 0.05) is 0 Å². The fourth-order valence-electron chi connectivity index (χ4n) is 6.02. The molecule has 0 amide bonds. The predicted octanol–water partition coefficient (Wildman–Crippen LogP) is 11.0. The van der Waals surface area contributed by atoms with Crippen LogP contribution in [0.2, 0.25) is 0 Å². The van der Waals surface area contributed by atoms with Gasteiger partial charge in [-0.15, -0.1) is 0 Å². The Morgan fingerprint density at radius 2 is 0.952 bits per heavy atom. The second-order valence-corrected chi connectivity index (χ2v) is 12.7. The maximum atomic E-state index is 2.36. The van der Waals surface area contributed by atoms with Crippen LogP contribution in [0.5, 0.6) is 0 Å². The molecule has 0 N–H and O–H groups in total. The van der Waals surface area contributed by atoms with Crippen LogP contribution in [0.1, 0.15) is 0 Å². The first-order valence-electron chi connectivity index (χ1n) is 14.3. The van der Waals surface area contributed by atoms with Crippen LogP contribution in [0, 0.1) is 0 Å². The third kappa shape index (κ3) is 4.33. The molecule has 0 fully saturated rings. The van der Waals surface area contributed by atoms with Gasteiger partial charge in [-0.25, -0.2) is 0 Å². The van der Waals surface area contributed by atoms with Crippen LogP contribution in [-0.2, 0) is 0 Å². The quantitative estimate of drug-likeness (QED) is 0.178. The van der Waals surface area contributed by atoms with Crippen molar-refractivity contribution in [1.82, 2.24) is 0 Å². The minimum atomic E-state index is 0.241. The molecular formula is C40H27NSe. The van der Waals surface area contributed by atoms with Crippen molar-refractivity contribution in [2.24, 2.45) is 0 Å². The van der Waals surface area contributed by atoms with E-state index in [2.05, 4.69) is 169 Å². The first-order chi connectivity index (χ1) is 20.8. The van der Waals surface area contributed by atoms with Crippen LogP contribution in [0.4, 0.5) is 17.1 Å². The number of anilines is 3. The van der Waals surface area contributed by atoms with E-state index in [0.717, 1.165) is 17.1 Å². The van der Waals surface area contributed by atoms with E-state index in [9.17, 15) is 0 Å². The standard InChI is InChI=1S/C40H27NSe/c1-3-11-28(12-4-1)29-21-24-33(25-22-29)41(32-15-5-2-6-16-32)34-17-9-14-31(27-34)36-19-10-20-37-38-26-23-30-13-7-8-18-35(30)39(38)42-40(36)37/h1-27H. The van der Waals surface area contributed by atoms with E-state index in [1.807, 2.05) is 0 Å². The van der Waals surface area contributed by atoms with E-state index >= 15 is 0 Å².